The summed E-state index contributed by atoms with van der Waals surface area (Å²) in [6, 6.07) is 14.3. The van der Waals surface area contributed by atoms with Gasteiger partial charge in [0, 0.05) is 23.9 Å². The van der Waals surface area contributed by atoms with Crippen LogP contribution in [0.2, 0.25) is 0 Å². The molecule has 0 amide bonds. The van der Waals surface area contributed by atoms with Crippen LogP contribution in [-0.4, -0.2) is 21.5 Å². The van der Waals surface area contributed by atoms with Crippen molar-refractivity contribution in [3.8, 4) is 0 Å². The predicted molar refractivity (Wildman–Crippen MR) is 84.3 cm³/mol. The van der Waals surface area contributed by atoms with Crippen molar-refractivity contribution >= 4 is 17.0 Å². The summed E-state index contributed by atoms with van der Waals surface area (Å²) in [4.78, 5) is 12.5. The van der Waals surface area contributed by atoms with E-state index in [9.17, 15) is 0 Å². The molecule has 0 atom stereocenters. The van der Waals surface area contributed by atoms with Gasteiger partial charge in [-0.2, -0.15) is 0 Å². The molecule has 2 aromatic heterocycles. The molecule has 0 aliphatic heterocycles. The van der Waals surface area contributed by atoms with E-state index in [4.69, 9.17) is 0 Å². The molecule has 21 heavy (non-hydrogen) atoms. The van der Waals surface area contributed by atoms with E-state index < -0.39 is 0 Å². The zero-order valence-corrected chi connectivity index (χ0v) is 11.8. The molecule has 4 rings (SSSR count). The summed E-state index contributed by atoms with van der Waals surface area (Å²) in [5.41, 5.74) is 3.43. The first-order chi connectivity index (χ1) is 10.4. The molecule has 1 aliphatic rings. The van der Waals surface area contributed by atoms with Crippen molar-refractivity contribution in [2.24, 2.45) is 0 Å². The van der Waals surface area contributed by atoms with Crippen molar-refractivity contribution in [1.29, 1.82) is 0 Å². The minimum Gasteiger partial charge on any atom is -0.355 e. The van der Waals surface area contributed by atoms with Gasteiger partial charge in [0.05, 0.1) is 11.0 Å². The number of aromatic amines is 1. The van der Waals surface area contributed by atoms with Crippen molar-refractivity contribution < 1.29 is 0 Å². The van der Waals surface area contributed by atoms with Gasteiger partial charge < -0.3 is 10.3 Å². The molecule has 4 heteroatoms. The molecular weight excluding hydrogens is 260 g/mol. The molecule has 3 aromatic rings. The SMILES string of the molecule is c1ccc(C2(CNc3nc4ccccc4[nH]3)CCC2)nc1. The summed E-state index contributed by atoms with van der Waals surface area (Å²) in [7, 11) is 0. The number of hydrogen-bond donors (Lipinski definition) is 2. The number of imidazole rings is 1. The minimum absolute atomic E-state index is 0.167. The lowest BCUT2D eigenvalue weighted by Crippen LogP contribution is -2.41. The summed E-state index contributed by atoms with van der Waals surface area (Å²) >= 11 is 0. The first-order valence-corrected chi connectivity index (χ1v) is 7.46. The van der Waals surface area contributed by atoms with Crippen LogP contribution in [0.3, 0.4) is 0 Å². The molecule has 2 N–H and O–H groups in total. The second-order valence-corrected chi connectivity index (χ2v) is 5.80. The van der Waals surface area contributed by atoms with Crippen LogP contribution >= 0.6 is 0 Å². The average molecular weight is 278 g/mol. The number of anilines is 1. The number of para-hydroxylation sites is 2. The molecule has 0 radical (unpaired) electrons. The Kier molecular flexibility index (Phi) is 2.88. The van der Waals surface area contributed by atoms with Gasteiger partial charge in [-0.15, -0.1) is 0 Å². The highest BCUT2D eigenvalue weighted by atomic mass is 15.1. The molecule has 0 unspecified atom stereocenters. The fourth-order valence-electron chi connectivity index (χ4n) is 3.09. The fraction of sp³-hybridized carbons (Fsp3) is 0.294. The number of rotatable bonds is 4. The normalized spacial score (nSPS) is 16.6. The van der Waals surface area contributed by atoms with E-state index in [0.717, 1.165) is 23.5 Å². The number of benzene rings is 1. The maximum Gasteiger partial charge on any atom is 0.201 e. The average Bonchev–Trinajstić information content (AvgIpc) is 2.90. The minimum atomic E-state index is 0.167. The van der Waals surface area contributed by atoms with Crippen LogP contribution in [0.5, 0.6) is 0 Å². The van der Waals surface area contributed by atoms with Crippen LogP contribution in [0.4, 0.5) is 5.95 Å². The van der Waals surface area contributed by atoms with Gasteiger partial charge in [-0.1, -0.05) is 24.6 Å². The predicted octanol–water partition coefficient (Wildman–Crippen LogP) is 3.49. The molecule has 0 spiro atoms. The summed E-state index contributed by atoms with van der Waals surface area (Å²) in [6.45, 7) is 0.879. The lowest BCUT2D eigenvalue weighted by molar-refractivity contribution is 0.252. The molecule has 1 aliphatic carbocycles. The Balaban J connectivity index is 1.55. The van der Waals surface area contributed by atoms with Gasteiger partial charge in [-0.05, 0) is 37.1 Å². The number of nitrogens with one attached hydrogen (secondary N) is 2. The molecule has 1 saturated carbocycles. The number of nitrogens with zero attached hydrogens (tertiary/aromatic N) is 2. The lowest BCUT2D eigenvalue weighted by atomic mass is 9.66. The Labute approximate surface area is 123 Å². The molecule has 2 heterocycles. The standard InChI is InChI=1S/C17H18N4/c1-2-7-14-13(6-1)20-16(21-14)19-12-17(9-5-10-17)15-8-3-4-11-18-15/h1-4,6-8,11H,5,9-10,12H2,(H2,19,20,21). The number of fused-ring (bicyclic) bond motifs is 1. The first kappa shape index (κ1) is 12.4. The largest absolute Gasteiger partial charge is 0.355 e. The first-order valence-electron chi connectivity index (χ1n) is 7.46. The van der Waals surface area contributed by atoms with Gasteiger partial charge in [0.2, 0.25) is 5.95 Å². The summed E-state index contributed by atoms with van der Waals surface area (Å²) in [6.07, 6.45) is 5.55. The van der Waals surface area contributed by atoms with Crippen LogP contribution in [0.1, 0.15) is 25.0 Å². The Morgan fingerprint density at radius 1 is 1.10 bits per heavy atom. The van der Waals surface area contributed by atoms with E-state index >= 15 is 0 Å². The Hall–Kier alpha value is -2.36. The molecule has 0 saturated heterocycles. The van der Waals surface area contributed by atoms with Crippen LogP contribution in [0.15, 0.2) is 48.7 Å². The van der Waals surface area contributed by atoms with Crippen LogP contribution in [0.25, 0.3) is 11.0 Å². The zero-order valence-electron chi connectivity index (χ0n) is 11.8. The Bertz CT molecular complexity index is 711. The van der Waals surface area contributed by atoms with E-state index in [2.05, 4.69) is 32.4 Å². The van der Waals surface area contributed by atoms with E-state index in [-0.39, 0.29) is 5.41 Å². The highest BCUT2D eigenvalue weighted by Crippen LogP contribution is 2.42. The third-order valence-corrected chi connectivity index (χ3v) is 4.50. The van der Waals surface area contributed by atoms with Crippen molar-refractivity contribution in [1.82, 2.24) is 15.0 Å². The van der Waals surface area contributed by atoms with Crippen LogP contribution in [-0.2, 0) is 5.41 Å². The quantitative estimate of drug-likeness (QED) is 0.768. The third-order valence-electron chi connectivity index (χ3n) is 4.50. The summed E-state index contributed by atoms with van der Waals surface area (Å²) < 4.78 is 0. The molecule has 0 bridgehead atoms. The van der Waals surface area contributed by atoms with Gasteiger partial charge in [0.25, 0.3) is 0 Å². The highest BCUT2D eigenvalue weighted by Gasteiger charge is 2.39. The number of hydrogen-bond acceptors (Lipinski definition) is 3. The van der Waals surface area contributed by atoms with Gasteiger partial charge in [-0.3, -0.25) is 4.98 Å². The third kappa shape index (κ3) is 2.17. The molecule has 106 valence electrons. The molecule has 1 aromatic carbocycles. The van der Waals surface area contributed by atoms with Crippen molar-refractivity contribution in [2.45, 2.75) is 24.7 Å². The Morgan fingerprint density at radius 3 is 2.67 bits per heavy atom. The number of H-pyrrole nitrogens is 1. The van der Waals surface area contributed by atoms with E-state index in [0.29, 0.717) is 0 Å². The fourth-order valence-corrected chi connectivity index (χ4v) is 3.09. The van der Waals surface area contributed by atoms with E-state index in [1.54, 1.807) is 0 Å². The Morgan fingerprint density at radius 2 is 1.95 bits per heavy atom. The highest BCUT2D eigenvalue weighted by molar-refractivity contribution is 5.77. The van der Waals surface area contributed by atoms with E-state index in [1.165, 1.54) is 25.0 Å². The van der Waals surface area contributed by atoms with E-state index in [1.807, 2.05) is 36.5 Å². The number of aromatic nitrogens is 3. The topological polar surface area (TPSA) is 53.6 Å². The van der Waals surface area contributed by atoms with Gasteiger partial charge in [0.1, 0.15) is 0 Å². The van der Waals surface area contributed by atoms with Crippen molar-refractivity contribution in [3.63, 3.8) is 0 Å². The lowest BCUT2D eigenvalue weighted by Gasteiger charge is -2.41. The maximum absolute atomic E-state index is 4.58. The monoisotopic (exact) mass is 278 g/mol. The molecule has 1 fully saturated rings. The van der Waals surface area contributed by atoms with Crippen molar-refractivity contribution in [2.75, 3.05) is 11.9 Å². The second kappa shape index (κ2) is 4.88. The molecule has 4 nitrogen and oxygen atoms in total. The van der Waals surface area contributed by atoms with Crippen LogP contribution in [0, 0.1) is 0 Å². The number of pyridine rings is 1. The van der Waals surface area contributed by atoms with Crippen molar-refractivity contribution in [3.05, 3.63) is 54.4 Å². The summed E-state index contributed by atoms with van der Waals surface area (Å²) in [5.74, 6) is 0.846. The van der Waals surface area contributed by atoms with Gasteiger partial charge in [0.15, 0.2) is 0 Å². The zero-order chi connectivity index (χ0) is 14.1. The second-order valence-electron chi connectivity index (χ2n) is 5.80. The maximum atomic E-state index is 4.58. The van der Waals surface area contributed by atoms with Gasteiger partial charge >= 0.3 is 0 Å². The molecular formula is C17H18N4. The smallest absolute Gasteiger partial charge is 0.201 e. The summed E-state index contributed by atoms with van der Waals surface area (Å²) in [5, 5.41) is 3.47. The van der Waals surface area contributed by atoms with Crippen LogP contribution < -0.4 is 5.32 Å². The van der Waals surface area contributed by atoms with Gasteiger partial charge in [-0.25, -0.2) is 4.98 Å².